The highest BCUT2D eigenvalue weighted by Crippen LogP contribution is 2.21. The van der Waals surface area contributed by atoms with E-state index in [0.717, 1.165) is 28.4 Å². The molecule has 3 aromatic rings. The zero-order valence-corrected chi connectivity index (χ0v) is 15.9. The minimum Gasteiger partial charge on any atom is -0.497 e. The first-order valence-corrected chi connectivity index (χ1v) is 8.96. The van der Waals surface area contributed by atoms with Gasteiger partial charge in [0.1, 0.15) is 17.2 Å². The molecular weight excluding hydrogens is 354 g/mol. The molecule has 0 atom stereocenters. The monoisotopic (exact) mass is 377 g/mol. The van der Waals surface area contributed by atoms with Crippen LogP contribution in [0.1, 0.15) is 16.1 Å². The highest BCUT2D eigenvalue weighted by Gasteiger charge is 2.08. The number of rotatable bonds is 8. The molecule has 6 nitrogen and oxygen atoms in total. The second-order valence-electron chi connectivity index (χ2n) is 6.14. The Kier molecular flexibility index (Phi) is 6.46. The van der Waals surface area contributed by atoms with Gasteiger partial charge in [0.25, 0.3) is 5.91 Å². The topological polar surface area (TPSA) is 72.5 Å². The molecule has 1 aromatic heterocycles. The minimum absolute atomic E-state index is 0.211. The normalized spacial score (nSPS) is 10.2. The van der Waals surface area contributed by atoms with Crippen LogP contribution < -0.4 is 20.1 Å². The third kappa shape index (κ3) is 5.23. The maximum absolute atomic E-state index is 12.4. The summed E-state index contributed by atoms with van der Waals surface area (Å²) in [5, 5.41) is 6.16. The fourth-order valence-corrected chi connectivity index (χ4v) is 2.74. The highest BCUT2D eigenvalue weighted by atomic mass is 16.5. The Labute approximate surface area is 164 Å². The van der Waals surface area contributed by atoms with Gasteiger partial charge < -0.3 is 20.1 Å². The number of carbonyl (C=O) groups excluding carboxylic acids is 1. The van der Waals surface area contributed by atoms with Crippen molar-refractivity contribution >= 4 is 17.3 Å². The molecule has 28 heavy (non-hydrogen) atoms. The Morgan fingerprint density at radius 2 is 1.64 bits per heavy atom. The van der Waals surface area contributed by atoms with Gasteiger partial charge in [-0.1, -0.05) is 18.2 Å². The standard InChI is InChI=1S/C22H23N3O3/c1-27-19-7-3-5-16(13-19)9-11-24-22(26)21-15-18(10-12-23-21)25-17-6-4-8-20(14-17)28-2/h3-8,10,12-15H,9,11H2,1-2H3,(H,23,25)(H,24,26). The van der Waals surface area contributed by atoms with Crippen LogP contribution in [0.4, 0.5) is 11.4 Å². The van der Waals surface area contributed by atoms with Crippen LogP contribution in [-0.2, 0) is 6.42 Å². The predicted octanol–water partition coefficient (Wildman–Crippen LogP) is 3.81. The Morgan fingerprint density at radius 1 is 0.929 bits per heavy atom. The van der Waals surface area contributed by atoms with Gasteiger partial charge in [-0.15, -0.1) is 0 Å². The number of nitrogens with zero attached hydrogens (tertiary/aromatic N) is 1. The van der Waals surface area contributed by atoms with Gasteiger partial charge in [0, 0.05) is 30.2 Å². The molecule has 0 bridgehead atoms. The van der Waals surface area contributed by atoms with Crippen molar-refractivity contribution in [3.63, 3.8) is 0 Å². The molecule has 144 valence electrons. The predicted molar refractivity (Wildman–Crippen MR) is 110 cm³/mol. The van der Waals surface area contributed by atoms with E-state index in [1.165, 1.54) is 0 Å². The minimum atomic E-state index is -0.211. The number of methoxy groups -OCH3 is 2. The van der Waals surface area contributed by atoms with E-state index in [9.17, 15) is 4.79 Å². The van der Waals surface area contributed by atoms with Crippen LogP contribution in [0.25, 0.3) is 0 Å². The van der Waals surface area contributed by atoms with E-state index in [-0.39, 0.29) is 5.91 Å². The van der Waals surface area contributed by atoms with Gasteiger partial charge in [0.2, 0.25) is 0 Å². The molecule has 2 aromatic carbocycles. The first-order chi connectivity index (χ1) is 13.7. The molecule has 1 amide bonds. The molecule has 2 N–H and O–H groups in total. The first kappa shape index (κ1) is 19.2. The van der Waals surface area contributed by atoms with E-state index < -0.39 is 0 Å². The molecule has 3 rings (SSSR count). The van der Waals surface area contributed by atoms with Crippen molar-refractivity contribution in [1.29, 1.82) is 0 Å². The highest BCUT2D eigenvalue weighted by molar-refractivity contribution is 5.93. The van der Waals surface area contributed by atoms with Crippen LogP contribution in [0.3, 0.4) is 0 Å². The average Bonchev–Trinajstić information content (AvgIpc) is 2.74. The molecule has 0 saturated carbocycles. The van der Waals surface area contributed by atoms with Crippen LogP contribution in [0.2, 0.25) is 0 Å². The number of amides is 1. The first-order valence-electron chi connectivity index (χ1n) is 8.96. The van der Waals surface area contributed by atoms with Crippen LogP contribution in [0.5, 0.6) is 11.5 Å². The number of aromatic nitrogens is 1. The third-order valence-corrected chi connectivity index (χ3v) is 4.18. The molecular formula is C22H23N3O3. The summed E-state index contributed by atoms with van der Waals surface area (Å²) in [4.78, 5) is 16.6. The van der Waals surface area contributed by atoms with Gasteiger partial charge in [-0.25, -0.2) is 0 Å². The Hall–Kier alpha value is -3.54. The maximum Gasteiger partial charge on any atom is 0.269 e. The van der Waals surface area contributed by atoms with Crippen molar-refractivity contribution < 1.29 is 14.3 Å². The number of anilines is 2. The summed E-state index contributed by atoms with van der Waals surface area (Å²) in [6, 6.07) is 18.9. The average molecular weight is 377 g/mol. The van der Waals surface area contributed by atoms with Crippen molar-refractivity contribution in [2.24, 2.45) is 0 Å². The van der Waals surface area contributed by atoms with Crippen LogP contribution in [0, 0.1) is 0 Å². The number of carbonyl (C=O) groups is 1. The molecule has 0 aliphatic heterocycles. The van der Waals surface area contributed by atoms with Crippen molar-refractivity contribution in [3.8, 4) is 11.5 Å². The van der Waals surface area contributed by atoms with Crippen LogP contribution >= 0.6 is 0 Å². The number of nitrogens with one attached hydrogen (secondary N) is 2. The van der Waals surface area contributed by atoms with Gasteiger partial charge in [-0.3, -0.25) is 9.78 Å². The molecule has 0 fully saturated rings. The van der Waals surface area contributed by atoms with Gasteiger partial charge in [0.05, 0.1) is 14.2 Å². The van der Waals surface area contributed by atoms with E-state index in [2.05, 4.69) is 15.6 Å². The number of hydrogen-bond donors (Lipinski definition) is 2. The second-order valence-corrected chi connectivity index (χ2v) is 6.14. The van der Waals surface area contributed by atoms with Gasteiger partial charge in [0.15, 0.2) is 0 Å². The number of hydrogen-bond acceptors (Lipinski definition) is 5. The lowest BCUT2D eigenvalue weighted by Gasteiger charge is -2.10. The second kappa shape index (κ2) is 9.41. The third-order valence-electron chi connectivity index (χ3n) is 4.18. The number of pyridine rings is 1. The molecule has 1 heterocycles. The molecule has 0 aliphatic carbocycles. The van der Waals surface area contributed by atoms with E-state index in [0.29, 0.717) is 18.7 Å². The van der Waals surface area contributed by atoms with Crippen LogP contribution in [0.15, 0.2) is 66.9 Å². The zero-order valence-electron chi connectivity index (χ0n) is 15.9. The summed E-state index contributed by atoms with van der Waals surface area (Å²) in [5.74, 6) is 1.36. The molecule has 0 spiro atoms. The van der Waals surface area contributed by atoms with Crippen LogP contribution in [-0.4, -0.2) is 31.7 Å². The quantitative estimate of drug-likeness (QED) is 0.624. The summed E-state index contributed by atoms with van der Waals surface area (Å²) in [5.41, 5.74) is 3.11. The fraction of sp³-hybridized carbons (Fsp3) is 0.182. The number of ether oxygens (including phenoxy) is 2. The van der Waals surface area contributed by atoms with Crippen molar-refractivity contribution in [2.75, 3.05) is 26.1 Å². The Morgan fingerprint density at radius 3 is 2.43 bits per heavy atom. The fourth-order valence-electron chi connectivity index (χ4n) is 2.74. The van der Waals surface area contributed by atoms with Gasteiger partial charge >= 0.3 is 0 Å². The lowest BCUT2D eigenvalue weighted by atomic mass is 10.1. The van der Waals surface area contributed by atoms with Gasteiger partial charge in [-0.05, 0) is 48.4 Å². The molecule has 0 radical (unpaired) electrons. The Balaban J connectivity index is 1.58. The maximum atomic E-state index is 12.4. The van der Waals surface area contributed by atoms with E-state index in [4.69, 9.17) is 9.47 Å². The summed E-state index contributed by atoms with van der Waals surface area (Å²) >= 11 is 0. The van der Waals surface area contributed by atoms with E-state index in [1.54, 1.807) is 26.5 Å². The molecule has 0 aliphatic rings. The van der Waals surface area contributed by atoms with Crippen molar-refractivity contribution in [1.82, 2.24) is 10.3 Å². The summed E-state index contributed by atoms with van der Waals surface area (Å²) in [6.07, 6.45) is 2.32. The largest absolute Gasteiger partial charge is 0.497 e. The molecule has 0 unspecified atom stereocenters. The number of benzene rings is 2. The smallest absolute Gasteiger partial charge is 0.269 e. The SMILES string of the molecule is COc1cccc(CCNC(=O)c2cc(Nc3cccc(OC)c3)ccn2)c1. The van der Waals surface area contributed by atoms with E-state index >= 15 is 0 Å². The van der Waals surface area contributed by atoms with Crippen molar-refractivity contribution in [3.05, 3.63) is 78.1 Å². The van der Waals surface area contributed by atoms with Crippen molar-refractivity contribution in [2.45, 2.75) is 6.42 Å². The summed E-state index contributed by atoms with van der Waals surface area (Å²) in [7, 11) is 3.26. The zero-order chi connectivity index (χ0) is 19.8. The summed E-state index contributed by atoms with van der Waals surface area (Å²) in [6.45, 7) is 0.515. The molecule has 6 heteroatoms. The molecule has 0 saturated heterocycles. The lowest BCUT2D eigenvalue weighted by molar-refractivity contribution is 0.0949. The van der Waals surface area contributed by atoms with Gasteiger partial charge in [-0.2, -0.15) is 0 Å². The Bertz CT molecular complexity index is 944. The lowest BCUT2D eigenvalue weighted by Crippen LogP contribution is -2.26. The summed E-state index contributed by atoms with van der Waals surface area (Å²) < 4.78 is 10.4. The van der Waals surface area contributed by atoms with E-state index in [1.807, 2.05) is 54.6 Å².